The number of aromatic nitrogens is 5. The van der Waals surface area contributed by atoms with Crippen LogP contribution in [0.15, 0.2) is 52.5 Å². The summed E-state index contributed by atoms with van der Waals surface area (Å²) in [5.74, 6) is 1.70. The normalized spacial score (nSPS) is 12.2. The molecule has 0 bridgehead atoms. The van der Waals surface area contributed by atoms with E-state index >= 15 is 0 Å². The topological polar surface area (TPSA) is 85.9 Å². The summed E-state index contributed by atoms with van der Waals surface area (Å²) in [5.41, 5.74) is 2.30. The molecular weight excluding hydrogens is 451 g/mol. The number of sulfonamides is 1. The van der Waals surface area contributed by atoms with Gasteiger partial charge >= 0.3 is 0 Å². The molecule has 168 valence electrons. The Morgan fingerprint density at radius 1 is 1.09 bits per heavy atom. The number of benzene rings is 2. The minimum Gasteiger partial charge on any atom is -0.328 e. The molecule has 8 nitrogen and oxygen atoms in total. The second-order valence-corrected chi connectivity index (χ2v) is 10.5. The van der Waals surface area contributed by atoms with Crippen LogP contribution in [0.3, 0.4) is 0 Å². The fourth-order valence-electron chi connectivity index (χ4n) is 3.41. The SMILES string of the molecule is CCn1c(CSc2nnc(-c3ccc(F)cc3)n2C)nc2cc(S(=O)(=O)N(C)C)ccc21. The lowest BCUT2D eigenvalue weighted by atomic mass is 10.2. The molecule has 32 heavy (non-hydrogen) atoms. The quantitative estimate of drug-likeness (QED) is 0.381. The molecule has 0 unspecified atom stereocenters. The van der Waals surface area contributed by atoms with Crippen molar-refractivity contribution < 1.29 is 12.8 Å². The standard InChI is InChI=1S/C21H23FN6O2S2/c1-5-28-18-11-10-16(32(29,30)26(2)3)12-17(18)23-19(28)13-31-21-25-24-20(27(21)4)14-6-8-15(22)9-7-14/h6-12H,5,13H2,1-4H3. The maximum atomic E-state index is 13.2. The Bertz CT molecular complexity index is 1380. The van der Waals surface area contributed by atoms with E-state index in [0.29, 0.717) is 28.8 Å². The number of hydrogen-bond donors (Lipinski definition) is 0. The number of halogens is 1. The van der Waals surface area contributed by atoms with Crippen molar-refractivity contribution in [1.29, 1.82) is 0 Å². The predicted molar refractivity (Wildman–Crippen MR) is 122 cm³/mol. The summed E-state index contributed by atoms with van der Waals surface area (Å²) in [5, 5.41) is 9.21. The highest BCUT2D eigenvalue weighted by molar-refractivity contribution is 7.98. The first-order valence-corrected chi connectivity index (χ1v) is 12.3. The average Bonchev–Trinajstić information content (AvgIpc) is 3.31. The number of rotatable bonds is 7. The number of aryl methyl sites for hydroxylation is 1. The van der Waals surface area contributed by atoms with Crippen molar-refractivity contribution in [2.75, 3.05) is 14.1 Å². The summed E-state index contributed by atoms with van der Waals surface area (Å²) in [4.78, 5) is 4.91. The van der Waals surface area contributed by atoms with Crippen LogP contribution in [-0.2, 0) is 29.4 Å². The Labute approximate surface area is 190 Å². The maximum absolute atomic E-state index is 13.2. The summed E-state index contributed by atoms with van der Waals surface area (Å²) in [6.45, 7) is 2.72. The highest BCUT2D eigenvalue weighted by Crippen LogP contribution is 2.28. The molecule has 0 saturated carbocycles. The van der Waals surface area contributed by atoms with E-state index in [9.17, 15) is 12.8 Å². The summed E-state index contributed by atoms with van der Waals surface area (Å²) in [7, 11) is 1.35. The summed E-state index contributed by atoms with van der Waals surface area (Å²) < 4.78 is 43.3. The van der Waals surface area contributed by atoms with Crippen molar-refractivity contribution in [1.82, 2.24) is 28.6 Å². The largest absolute Gasteiger partial charge is 0.328 e. The van der Waals surface area contributed by atoms with E-state index in [-0.39, 0.29) is 10.7 Å². The second kappa shape index (κ2) is 8.64. The van der Waals surface area contributed by atoms with Crippen molar-refractivity contribution >= 4 is 32.8 Å². The van der Waals surface area contributed by atoms with Crippen LogP contribution in [0.25, 0.3) is 22.4 Å². The van der Waals surface area contributed by atoms with Gasteiger partial charge in [0.2, 0.25) is 10.0 Å². The molecule has 0 saturated heterocycles. The summed E-state index contributed by atoms with van der Waals surface area (Å²) in [6.07, 6.45) is 0. The second-order valence-electron chi connectivity index (χ2n) is 7.37. The molecule has 0 aliphatic carbocycles. The highest BCUT2D eigenvalue weighted by atomic mass is 32.2. The van der Waals surface area contributed by atoms with Crippen molar-refractivity contribution in [2.24, 2.45) is 7.05 Å². The van der Waals surface area contributed by atoms with Crippen LogP contribution in [-0.4, -0.2) is 51.1 Å². The van der Waals surface area contributed by atoms with E-state index in [1.807, 2.05) is 18.5 Å². The minimum absolute atomic E-state index is 0.215. The summed E-state index contributed by atoms with van der Waals surface area (Å²) in [6, 6.07) is 11.1. The molecular formula is C21H23FN6O2S2. The van der Waals surface area contributed by atoms with Gasteiger partial charge in [-0.1, -0.05) is 11.8 Å². The maximum Gasteiger partial charge on any atom is 0.242 e. The molecule has 4 aromatic rings. The van der Waals surface area contributed by atoms with E-state index in [1.54, 1.807) is 30.3 Å². The average molecular weight is 475 g/mol. The first kappa shape index (κ1) is 22.4. The van der Waals surface area contributed by atoms with Gasteiger partial charge < -0.3 is 9.13 Å². The fraction of sp³-hybridized carbons (Fsp3) is 0.286. The molecule has 0 N–H and O–H groups in total. The van der Waals surface area contributed by atoms with E-state index in [2.05, 4.69) is 14.8 Å². The molecule has 0 aliphatic heterocycles. The first-order valence-electron chi connectivity index (χ1n) is 9.92. The summed E-state index contributed by atoms with van der Waals surface area (Å²) >= 11 is 1.48. The minimum atomic E-state index is -3.53. The number of hydrogen-bond acceptors (Lipinski definition) is 6. The molecule has 0 fully saturated rings. The van der Waals surface area contributed by atoms with E-state index in [1.165, 1.54) is 42.3 Å². The molecule has 0 spiro atoms. The molecule has 0 amide bonds. The van der Waals surface area contributed by atoms with E-state index in [0.717, 1.165) is 16.9 Å². The van der Waals surface area contributed by atoms with E-state index in [4.69, 9.17) is 4.98 Å². The zero-order chi connectivity index (χ0) is 23.0. The van der Waals surface area contributed by atoms with Crippen LogP contribution in [0.4, 0.5) is 4.39 Å². The van der Waals surface area contributed by atoms with Gasteiger partial charge in [-0.25, -0.2) is 22.1 Å². The smallest absolute Gasteiger partial charge is 0.242 e. The van der Waals surface area contributed by atoms with Gasteiger partial charge in [0.1, 0.15) is 11.6 Å². The zero-order valence-electron chi connectivity index (χ0n) is 18.1. The third-order valence-electron chi connectivity index (χ3n) is 5.16. The van der Waals surface area contributed by atoms with Gasteiger partial charge in [0, 0.05) is 33.3 Å². The Balaban J connectivity index is 1.61. The van der Waals surface area contributed by atoms with Gasteiger partial charge in [0.15, 0.2) is 11.0 Å². The molecule has 4 rings (SSSR count). The van der Waals surface area contributed by atoms with Crippen LogP contribution in [0.5, 0.6) is 0 Å². The fourth-order valence-corrected chi connectivity index (χ4v) is 5.19. The van der Waals surface area contributed by atoms with Crippen molar-refractivity contribution in [2.45, 2.75) is 29.3 Å². The Morgan fingerprint density at radius 3 is 2.47 bits per heavy atom. The van der Waals surface area contributed by atoms with Crippen LogP contribution < -0.4 is 0 Å². The number of thioether (sulfide) groups is 1. The Hall–Kier alpha value is -2.76. The van der Waals surface area contributed by atoms with Crippen LogP contribution >= 0.6 is 11.8 Å². The lowest BCUT2D eigenvalue weighted by Crippen LogP contribution is -2.22. The van der Waals surface area contributed by atoms with Gasteiger partial charge in [0.05, 0.1) is 21.7 Å². The van der Waals surface area contributed by atoms with Crippen molar-refractivity contribution in [3.63, 3.8) is 0 Å². The predicted octanol–water partition coefficient (Wildman–Crippen LogP) is 3.53. The van der Waals surface area contributed by atoms with Crippen molar-refractivity contribution in [3.8, 4) is 11.4 Å². The lowest BCUT2D eigenvalue weighted by Gasteiger charge is -2.11. The number of imidazole rings is 1. The molecule has 11 heteroatoms. The van der Waals surface area contributed by atoms with E-state index < -0.39 is 10.0 Å². The number of nitrogens with zero attached hydrogens (tertiary/aromatic N) is 6. The lowest BCUT2D eigenvalue weighted by molar-refractivity contribution is 0.521. The Kier molecular flexibility index (Phi) is 6.06. The molecule has 0 atom stereocenters. The third kappa shape index (κ3) is 4.03. The molecule has 0 radical (unpaired) electrons. The van der Waals surface area contributed by atoms with Gasteiger partial charge in [0.25, 0.3) is 0 Å². The van der Waals surface area contributed by atoms with Gasteiger partial charge in [-0.3, -0.25) is 0 Å². The monoisotopic (exact) mass is 474 g/mol. The van der Waals surface area contributed by atoms with Crippen LogP contribution in [0.2, 0.25) is 0 Å². The van der Waals surface area contributed by atoms with Crippen LogP contribution in [0.1, 0.15) is 12.7 Å². The molecule has 2 aromatic carbocycles. The highest BCUT2D eigenvalue weighted by Gasteiger charge is 2.20. The third-order valence-corrected chi connectivity index (χ3v) is 7.99. The Morgan fingerprint density at radius 2 is 1.81 bits per heavy atom. The first-order chi connectivity index (χ1) is 15.2. The molecule has 0 aliphatic rings. The number of fused-ring (bicyclic) bond motifs is 1. The molecule has 2 aromatic heterocycles. The van der Waals surface area contributed by atoms with Gasteiger partial charge in [-0.05, 0) is 49.4 Å². The van der Waals surface area contributed by atoms with Crippen molar-refractivity contribution in [3.05, 3.63) is 54.1 Å². The van der Waals surface area contributed by atoms with Crippen LogP contribution in [0, 0.1) is 5.82 Å². The van der Waals surface area contributed by atoms with Gasteiger partial charge in [-0.15, -0.1) is 10.2 Å². The molecule has 2 heterocycles. The zero-order valence-corrected chi connectivity index (χ0v) is 19.8. The van der Waals surface area contributed by atoms with Gasteiger partial charge in [-0.2, -0.15) is 0 Å².